The van der Waals surface area contributed by atoms with Crippen LogP contribution >= 0.6 is 0 Å². The van der Waals surface area contributed by atoms with Gasteiger partial charge < -0.3 is 10.2 Å². The van der Waals surface area contributed by atoms with Crippen LogP contribution in [0.15, 0.2) is 24.3 Å². The number of carbonyl (C=O) groups is 1. The van der Waals surface area contributed by atoms with Gasteiger partial charge in [-0.15, -0.1) is 0 Å². The first-order valence-electron chi connectivity index (χ1n) is 5.78. The normalized spacial score (nSPS) is 15.4. The lowest BCUT2D eigenvalue weighted by atomic mass is 10.0. The molecule has 0 aliphatic carbocycles. The van der Waals surface area contributed by atoms with Crippen LogP contribution in [0, 0.1) is 11.3 Å². The topological polar surface area (TPSA) is 56.1 Å². The minimum Gasteiger partial charge on any atom is -0.336 e. The fourth-order valence-electron chi connectivity index (χ4n) is 2.01. The number of nitrogens with one attached hydrogen (secondary N) is 1. The predicted octanol–water partition coefficient (Wildman–Crippen LogP) is 0.798. The zero-order chi connectivity index (χ0) is 12.1. The summed E-state index contributed by atoms with van der Waals surface area (Å²) in [6.07, 6.45) is 0.286. The maximum atomic E-state index is 12.3. The zero-order valence-corrected chi connectivity index (χ0v) is 9.65. The average Bonchev–Trinajstić information content (AvgIpc) is 2.40. The lowest BCUT2D eigenvalue weighted by molar-refractivity contribution is 0.0735. The average molecular weight is 229 g/mol. The Hall–Kier alpha value is -1.86. The molecule has 1 fully saturated rings. The Bertz CT molecular complexity index is 444. The molecule has 0 saturated carbocycles. The number of hydrogen-bond acceptors (Lipinski definition) is 3. The molecule has 0 radical (unpaired) electrons. The Morgan fingerprint density at radius 3 is 2.76 bits per heavy atom. The molecule has 1 saturated heterocycles. The van der Waals surface area contributed by atoms with Crippen molar-refractivity contribution in [2.45, 2.75) is 6.42 Å². The third kappa shape index (κ3) is 2.63. The maximum Gasteiger partial charge on any atom is 0.254 e. The largest absolute Gasteiger partial charge is 0.336 e. The molecule has 1 amide bonds. The molecule has 1 aromatic rings. The van der Waals surface area contributed by atoms with E-state index in [1.54, 1.807) is 6.07 Å². The SMILES string of the molecule is N#CCc1ccccc1C(=O)N1CCNCC1. The summed E-state index contributed by atoms with van der Waals surface area (Å²) >= 11 is 0. The number of nitrogens with zero attached hydrogens (tertiary/aromatic N) is 2. The molecule has 88 valence electrons. The van der Waals surface area contributed by atoms with E-state index in [4.69, 9.17) is 5.26 Å². The Morgan fingerprint density at radius 2 is 2.06 bits per heavy atom. The third-order valence-electron chi connectivity index (χ3n) is 2.92. The first kappa shape index (κ1) is 11.6. The number of rotatable bonds is 2. The van der Waals surface area contributed by atoms with Gasteiger partial charge in [-0.1, -0.05) is 18.2 Å². The summed E-state index contributed by atoms with van der Waals surface area (Å²) in [7, 11) is 0. The van der Waals surface area contributed by atoms with Gasteiger partial charge in [0.25, 0.3) is 5.91 Å². The first-order valence-corrected chi connectivity index (χ1v) is 5.78. The zero-order valence-electron chi connectivity index (χ0n) is 9.65. The van der Waals surface area contributed by atoms with Crippen molar-refractivity contribution in [1.29, 1.82) is 5.26 Å². The summed E-state index contributed by atoms with van der Waals surface area (Å²) in [5.41, 5.74) is 1.48. The number of nitriles is 1. The Kier molecular flexibility index (Phi) is 3.73. The van der Waals surface area contributed by atoms with Crippen LogP contribution in [0.3, 0.4) is 0 Å². The van der Waals surface area contributed by atoms with Crippen molar-refractivity contribution in [3.63, 3.8) is 0 Å². The van der Waals surface area contributed by atoms with Crippen LogP contribution in [0.4, 0.5) is 0 Å². The summed E-state index contributed by atoms with van der Waals surface area (Å²) in [6, 6.07) is 9.45. The highest BCUT2D eigenvalue weighted by Crippen LogP contribution is 2.12. The van der Waals surface area contributed by atoms with Crippen LogP contribution in [-0.4, -0.2) is 37.0 Å². The molecule has 2 rings (SSSR count). The summed E-state index contributed by atoms with van der Waals surface area (Å²) < 4.78 is 0. The molecule has 0 unspecified atom stereocenters. The van der Waals surface area contributed by atoms with Gasteiger partial charge in [-0.2, -0.15) is 5.26 Å². The van der Waals surface area contributed by atoms with Crippen LogP contribution in [0.25, 0.3) is 0 Å². The molecule has 0 atom stereocenters. The van der Waals surface area contributed by atoms with E-state index in [0.29, 0.717) is 5.56 Å². The molecule has 1 aliphatic heterocycles. The van der Waals surface area contributed by atoms with E-state index < -0.39 is 0 Å². The van der Waals surface area contributed by atoms with Gasteiger partial charge in [0.15, 0.2) is 0 Å². The van der Waals surface area contributed by atoms with Crippen LogP contribution in [0.1, 0.15) is 15.9 Å². The Morgan fingerprint density at radius 1 is 1.35 bits per heavy atom. The monoisotopic (exact) mass is 229 g/mol. The molecule has 17 heavy (non-hydrogen) atoms. The van der Waals surface area contributed by atoms with Crippen molar-refractivity contribution in [2.75, 3.05) is 26.2 Å². The Balaban J connectivity index is 2.20. The molecular formula is C13H15N3O. The van der Waals surface area contributed by atoms with Gasteiger partial charge >= 0.3 is 0 Å². The van der Waals surface area contributed by atoms with E-state index in [0.717, 1.165) is 31.7 Å². The van der Waals surface area contributed by atoms with Crippen LogP contribution in [0.5, 0.6) is 0 Å². The van der Waals surface area contributed by atoms with Crippen molar-refractivity contribution < 1.29 is 4.79 Å². The lowest BCUT2D eigenvalue weighted by Crippen LogP contribution is -2.46. The minimum atomic E-state index is 0.0392. The highest BCUT2D eigenvalue weighted by atomic mass is 16.2. The van der Waals surface area contributed by atoms with Gasteiger partial charge in [0.2, 0.25) is 0 Å². The molecule has 4 heteroatoms. The number of benzene rings is 1. The number of carbonyl (C=O) groups excluding carboxylic acids is 1. The van der Waals surface area contributed by atoms with Gasteiger partial charge in [-0.25, -0.2) is 0 Å². The standard InChI is InChI=1S/C13H15N3O/c14-6-5-11-3-1-2-4-12(11)13(17)16-9-7-15-8-10-16/h1-4,15H,5,7-10H2. The highest BCUT2D eigenvalue weighted by molar-refractivity contribution is 5.95. The molecule has 1 heterocycles. The second kappa shape index (κ2) is 5.46. The van der Waals surface area contributed by atoms with E-state index in [2.05, 4.69) is 11.4 Å². The molecule has 1 aliphatic rings. The lowest BCUT2D eigenvalue weighted by Gasteiger charge is -2.28. The number of hydrogen-bond donors (Lipinski definition) is 1. The molecule has 1 N–H and O–H groups in total. The molecule has 4 nitrogen and oxygen atoms in total. The minimum absolute atomic E-state index is 0.0392. The molecular weight excluding hydrogens is 214 g/mol. The van der Waals surface area contributed by atoms with E-state index in [-0.39, 0.29) is 12.3 Å². The highest BCUT2D eigenvalue weighted by Gasteiger charge is 2.19. The van der Waals surface area contributed by atoms with Crippen molar-refractivity contribution in [2.24, 2.45) is 0 Å². The second-order valence-electron chi connectivity index (χ2n) is 4.03. The van der Waals surface area contributed by atoms with E-state index in [1.807, 2.05) is 23.1 Å². The third-order valence-corrected chi connectivity index (χ3v) is 2.92. The maximum absolute atomic E-state index is 12.3. The van der Waals surface area contributed by atoms with Crippen LogP contribution < -0.4 is 5.32 Å². The van der Waals surface area contributed by atoms with E-state index in [1.165, 1.54) is 0 Å². The number of piperazine rings is 1. The van der Waals surface area contributed by atoms with Crippen molar-refractivity contribution in [1.82, 2.24) is 10.2 Å². The predicted molar refractivity (Wildman–Crippen MR) is 64.5 cm³/mol. The van der Waals surface area contributed by atoms with Crippen molar-refractivity contribution >= 4 is 5.91 Å². The van der Waals surface area contributed by atoms with Gasteiger partial charge in [0.1, 0.15) is 0 Å². The number of amides is 1. The fourth-order valence-corrected chi connectivity index (χ4v) is 2.01. The van der Waals surface area contributed by atoms with Crippen molar-refractivity contribution in [3.05, 3.63) is 35.4 Å². The van der Waals surface area contributed by atoms with Gasteiger partial charge in [-0.05, 0) is 11.6 Å². The van der Waals surface area contributed by atoms with Crippen LogP contribution in [-0.2, 0) is 6.42 Å². The van der Waals surface area contributed by atoms with E-state index >= 15 is 0 Å². The molecule has 0 spiro atoms. The molecule has 0 aromatic heterocycles. The van der Waals surface area contributed by atoms with Gasteiger partial charge in [0.05, 0.1) is 12.5 Å². The van der Waals surface area contributed by atoms with Gasteiger partial charge in [0, 0.05) is 31.7 Å². The first-order chi connectivity index (χ1) is 8.33. The van der Waals surface area contributed by atoms with Crippen molar-refractivity contribution in [3.8, 4) is 6.07 Å². The Labute approximate surface area is 101 Å². The summed E-state index contributed by atoms with van der Waals surface area (Å²) in [6.45, 7) is 3.15. The second-order valence-corrected chi connectivity index (χ2v) is 4.03. The molecule has 0 bridgehead atoms. The van der Waals surface area contributed by atoms with E-state index in [9.17, 15) is 4.79 Å². The summed E-state index contributed by atoms with van der Waals surface area (Å²) in [4.78, 5) is 14.1. The fraction of sp³-hybridized carbons (Fsp3) is 0.385. The van der Waals surface area contributed by atoms with Crippen LogP contribution in [0.2, 0.25) is 0 Å². The van der Waals surface area contributed by atoms with Gasteiger partial charge in [-0.3, -0.25) is 4.79 Å². The smallest absolute Gasteiger partial charge is 0.254 e. The summed E-state index contributed by atoms with van der Waals surface area (Å²) in [5, 5.41) is 12.0. The quantitative estimate of drug-likeness (QED) is 0.816. The molecule has 1 aromatic carbocycles. The summed E-state index contributed by atoms with van der Waals surface area (Å²) in [5.74, 6) is 0.0392.